The number of nitrogens with one attached hydrogen (secondary N) is 2. The second-order valence-electron chi connectivity index (χ2n) is 4.61. The minimum absolute atomic E-state index is 0.208. The molecule has 0 amide bonds. The average molecular weight is 236 g/mol. The number of rotatable bonds is 5. The average Bonchev–Trinajstić information content (AvgIpc) is 2.39. The normalized spacial score (nSPS) is 18.9. The summed E-state index contributed by atoms with van der Waals surface area (Å²) in [5.41, 5.74) is 0.208. The molecule has 1 saturated heterocycles. The summed E-state index contributed by atoms with van der Waals surface area (Å²) in [5.74, 6) is 0.696. The molecule has 1 aromatic heterocycles. The van der Waals surface area contributed by atoms with Gasteiger partial charge in [0, 0.05) is 31.5 Å². The Kier molecular flexibility index (Phi) is 4.28. The lowest BCUT2D eigenvalue weighted by Crippen LogP contribution is -2.44. The third-order valence-corrected chi connectivity index (χ3v) is 3.30. The Labute approximate surface area is 102 Å². The number of aromatic nitrogens is 2. The van der Waals surface area contributed by atoms with Crippen molar-refractivity contribution in [2.24, 2.45) is 5.41 Å². The number of piperidine rings is 1. The first-order valence-corrected chi connectivity index (χ1v) is 6.05. The number of methoxy groups -OCH3 is 1. The Morgan fingerprint density at radius 1 is 1.35 bits per heavy atom. The van der Waals surface area contributed by atoms with Gasteiger partial charge in [0.1, 0.15) is 0 Å². The number of hydrogen-bond acceptors (Lipinski definition) is 5. The summed E-state index contributed by atoms with van der Waals surface area (Å²) in [4.78, 5) is 8.35. The van der Waals surface area contributed by atoms with E-state index in [4.69, 9.17) is 4.74 Å². The second-order valence-corrected chi connectivity index (χ2v) is 4.61. The van der Waals surface area contributed by atoms with Gasteiger partial charge in [-0.25, -0.2) is 9.97 Å². The zero-order valence-electron chi connectivity index (χ0n) is 10.3. The monoisotopic (exact) mass is 236 g/mol. The van der Waals surface area contributed by atoms with E-state index in [2.05, 4.69) is 20.6 Å². The van der Waals surface area contributed by atoms with Gasteiger partial charge in [0.25, 0.3) is 0 Å². The Morgan fingerprint density at radius 2 is 2.06 bits per heavy atom. The first-order valence-electron chi connectivity index (χ1n) is 6.05. The Balaban J connectivity index is 1.93. The maximum absolute atomic E-state index is 5.36. The number of nitrogens with zero attached hydrogens (tertiary/aromatic N) is 2. The largest absolute Gasteiger partial charge is 0.384 e. The lowest BCUT2D eigenvalue weighted by atomic mass is 9.79. The highest BCUT2D eigenvalue weighted by molar-refractivity contribution is 5.23. The van der Waals surface area contributed by atoms with Crippen molar-refractivity contribution in [1.82, 2.24) is 15.3 Å². The van der Waals surface area contributed by atoms with Crippen LogP contribution in [-0.2, 0) is 4.74 Å². The van der Waals surface area contributed by atoms with Crippen molar-refractivity contribution in [3.8, 4) is 0 Å². The van der Waals surface area contributed by atoms with E-state index in [1.807, 2.05) is 6.07 Å². The van der Waals surface area contributed by atoms with Gasteiger partial charge in [-0.3, -0.25) is 0 Å². The fraction of sp³-hybridized carbons (Fsp3) is 0.667. The Hall–Kier alpha value is -1.20. The Morgan fingerprint density at radius 3 is 2.71 bits per heavy atom. The van der Waals surface area contributed by atoms with Crippen molar-refractivity contribution < 1.29 is 4.74 Å². The van der Waals surface area contributed by atoms with Gasteiger partial charge < -0.3 is 15.4 Å². The highest BCUT2D eigenvalue weighted by Crippen LogP contribution is 2.29. The molecule has 94 valence electrons. The van der Waals surface area contributed by atoms with Crippen molar-refractivity contribution in [3.05, 3.63) is 18.5 Å². The van der Waals surface area contributed by atoms with Crippen LogP contribution in [0.5, 0.6) is 0 Å². The first-order chi connectivity index (χ1) is 8.35. The summed E-state index contributed by atoms with van der Waals surface area (Å²) < 4.78 is 5.36. The molecule has 0 aliphatic carbocycles. The molecule has 0 atom stereocenters. The summed E-state index contributed by atoms with van der Waals surface area (Å²) in [6.07, 6.45) is 5.75. The summed E-state index contributed by atoms with van der Waals surface area (Å²) in [6, 6.07) is 1.82. The summed E-state index contributed by atoms with van der Waals surface area (Å²) in [7, 11) is 1.77. The maximum atomic E-state index is 5.36. The van der Waals surface area contributed by atoms with E-state index in [1.54, 1.807) is 19.5 Å². The van der Waals surface area contributed by atoms with Gasteiger partial charge in [0.15, 0.2) is 0 Å². The molecule has 0 radical (unpaired) electrons. The van der Waals surface area contributed by atoms with E-state index in [-0.39, 0.29) is 5.41 Å². The minimum Gasteiger partial charge on any atom is -0.384 e. The van der Waals surface area contributed by atoms with Crippen molar-refractivity contribution >= 4 is 5.95 Å². The van der Waals surface area contributed by atoms with Gasteiger partial charge in [0.2, 0.25) is 5.95 Å². The predicted molar refractivity (Wildman–Crippen MR) is 66.9 cm³/mol. The minimum atomic E-state index is 0.208. The number of ether oxygens (including phenoxy) is 1. The summed E-state index contributed by atoms with van der Waals surface area (Å²) >= 11 is 0. The van der Waals surface area contributed by atoms with Crippen molar-refractivity contribution in [2.45, 2.75) is 12.8 Å². The fourth-order valence-electron chi connectivity index (χ4n) is 2.29. The van der Waals surface area contributed by atoms with Crippen LogP contribution in [0.2, 0.25) is 0 Å². The zero-order valence-corrected chi connectivity index (χ0v) is 10.3. The molecule has 1 aliphatic rings. The van der Waals surface area contributed by atoms with Crippen molar-refractivity contribution in [2.75, 3.05) is 38.7 Å². The molecule has 0 spiro atoms. The van der Waals surface area contributed by atoms with Gasteiger partial charge in [0.05, 0.1) is 6.61 Å². The molecule has 1 fully saturated rings. The van der Waals surface area contributed by atoms with E-state index < -0.39 is 0 Å². The predicted octanol–water partition coefficient (Wildman–Crippen LogP) is 0.905. The van der Waals surface area contributed by atoms with Crippen LogP contribution >= 0.6 is 0 Å². The standard InChI is InChI=1S/C12H20N4O/c1-17-10-12(3-7-13-8-4-12)9-16-11-14-5-2-6-15-11/h2,5-6,13H,3-4,7-10H2,1H3,(H,14,15,16). The van der Waals surface area contributed by atoms with Crippen LogP contribution in [0.15, 0.2) is 18.5 Å². The van der Waals surface area contributed by atoms with Crippen LogP contribution in [0, 0.1) is 5.41 Å². The van der Waals surface area contributed by atoms with Crippen LogP contribution in [0.1, 0.15) is 12.8 Å². The third-order valence-electron chi connectivity index (χ3n) is 3.30. The van der Waals surface area contributed by atoms with E-state index in [0.717, 1.165) is 39.1 Å². The molecule has 0 saturated carbocycles. The molecule has 2 rings (SSSR count). The third kappa shape index (κ3) is 3.38. The molecule has 5 heteroatoms. The lowest BCUT2D eigenvalue weighted by Gasteiger charge is -2.37. The van der Waals surface area contributed by atoms with Gasteiger partial charge in [-0.2, -0.15) is 0 Å². The van der Waals surface area contributed by atoms with Gasteiger partial charge in [-0.1, -0.05) is 0 Å². The van der Waals surface area contributed by atoms with Gasteiger partial charge in [-0.05, 0) is 32.0 Å². The zero-order chi connectivity index (χ0) is 12.0. The highest BCUT2D eigenvalue weighted by Gasteiger charge is 2.32. The summed E-state index contributed by atoms with van der Waals surface area (Å²) in [6.45, 7) is 3.77. The van der Waals surface area contributed by atoms with Crippen LogP contribution in [0.4, 0.5) is 5.95 Å². The van der Waals surface area contributed by atoms with Crippen molar-refractivity contribution in [3.63, 3.8) is 0 Å². The van der Waals surface area contributed by atoms with E-state index in [0.29, 0.717) is 5.95 Å². The van der Waals surface area contributed by atoms with E-state index >= 15 is 0 Å². The molecule has 0 aromatic carbocycles. The second kappa shape index (κ2) is 5.93. The molecule has 0 bridgehead atoms. The van der Waals surface area contributed by atoms with Crippen LogP contribution in [0.25, 0.3) is 0 Å². The molecule has 1 aliphatic heterocycles. The number of anilines is 1. The highest BCUT2D eigenvalue weighted by atomic mass is 16.5. The molecule has 2 N–H and O–H groups in total. The van der Waals surface area contributed by atoms with Crippen LogP contribution in [-0.4, -0.2) is 43.3 Å². The van der Waals surface area contributed by atoms with Gasteiger partial charge >= 0.3 is 0 Å². The molecular formula is C12H20N4O. The van der Waals surface area contributed by atoms with Gasteiger partial charge in [-0.15, -0.1) is 0 Å². The quantitative estimate of drug-likeness (QED) is 0.795. The van der Waals surface area contributed by atoms with Crippen molar-refractivity contribution in [1.29, 1.82) is 0 Å². The number of hydrogen-bond donors (Lipinski definition) is 2. The first kappa shape index (κ1) is 12.3. The topological polar surface area (TPSA) is 59.1 Å². The summed E-state index contributed by atoms with van der Waals surface area (Å²) in [5, 5.41) is 6.69. The molecule has 2 heterocycles. The van der Waals surface area contributed by atoms with E-state index in [1.165, 1.54) is 0 Å². The molecule has 1 aromatic rings. The Bertz CT molecular complexity index is 319. The fourth-order valence-corrected chi connectivity index (χ4v) is 2.29. The van der Waals surface area contributed by atoms with E-state index in [9.17, 15) is 0 Å². The molecular weight excluding hydrogens is 216 g/mol. The lowest BCUT2D eigenvalue weighted by molar-refractivity contribution is 0.0634. The van der Waals surface area contributed by atoms with Crippen LogP contribution in [0.3, 0.4) is 0 Å². The molecule has 5 nitrogen and oxygen atoms in total. The molecule has 17 heavy (non-hydrogen) atoms. The maximum Gasteiger partial charge on any atom is 0.222 e. The molecule has 0 unspecified atom stereocenters. The van der Waals surface area contributed by atoms with Crippen LogP contribution < -0.4 is 10.6 Å². The smallest absolute Gasteiger partial charge is 0.222 e. The SMILES string of the molecule is COCC1(CNc2ncccn2)CCNCC1.